The number of carbonyl (C=O) groups is 4. The number of rotatable bonds is 18. The smallest absolute Gasteiger partial charge is 0.343 e. The highest BCUT2D eigenvalue weighted by molar-refractivity contribution is 5.93. The number of ether oxygens (including phenoxy) is 6. The molecule has 10 nitrogen and oxygen atoms in total. The Morgan fingerprint density at radius 1 is 0.667 bits per heavy atom. The van der Waals surface area contributed by atoms with Crippen LogP contribution in [0.3, 0.4) is 0 Å². The van der Waals surface area contributed by atoms with Crippen LogP contribution in [0, 0.1) is 0 Å². The summed E-state index contributed by atoms with van der Waals surface area (Å²) in [5.74, 6) is -0.596. The Bertz CT molecular complexity index is 1440. The molecule has 0 amide bonds. The summed E-state index contributed by atoms with van der Waals surface area (Å²) < 4.78 is 31.6. The minimum atomic E-state index is -0.630. The molecule has 0 aliphatic rings. The van der Waals surface area contributed by atoms with Crippen LogP contribution in [0.25, 0.3) is 11.1 Å². The van der Waals surface area contributed by atoms with E-state index in [1.807, 2.05) is 43.3 Å². The molecule has 0 aliphatic heterocycles. The molecule has 0 bridgehead atoms. The number of benzene rings is 3. The lowest BCUT2D eigenvalue weighted by Crippen LogP contribution is -2.14. The molecule has 0 saturated carbocycles. The summed E-state index contributed by atoms with van der Waals surface area (Å²) in [4.78, 5) is 47.2. The van der Waals surface area contributed by atoms with E-state index in [1.165, 1.54) is 0 Å². The third-order valence-electron chi connectivity index (χ3n) is 6.01. The van der Waals surface area contributed by atoms with Gasteiger partial charge in [0.25, 0.3) is 0 Å². The van der Waals surface area contributed by atoms with Crippen LogP contribution in [0.5, 0.6) is 17.2 Å². The first kappa shape index (κ1) is 34.1. The zero-order valence-electron chi connectivity index (χ0n) is 25.2. The average molecular weight is 617 g/mol. The molecule has 10 heteroatoms. The molecule has 0 radical (unpaired) electrons. The van der Waals surface area contributed by atoms with Gasteiger partial charge in [0.15, 0.2) is 0 Å². The molecule has 236 valence electrons. The van der Waals surface area contributed by atoms with Crippen molar-refractivity contribution in [3.63, 3.8) is 0 Å². The third-order valence-corrected chi connectivity index (χ3v) is 6.01. The molecule has 0 spiro atoms. The van der Waals surface area contributed by atoms with E-state index in [-0.39, 0.29) is 31.8 Å². The highest BCUT2D eigenvalue weighted by Gasteiger charge is 2.14. The van der Waals surface area contributed by atoms with E-state index < -0.39 is 23.9 Å². The maximum absolute atomic E-state index is 12.6. The van der Waals surface area contributed by atoms with Gasteiger partial charge in [0, 0.05) is 18.1 Å². The second-order valence-electron chi connectivity index (χ2n) is 9.52. The van der Waals surface area contributed by atoms with Gasteiger partial charge < -0.3 is 28.4 Å². The lowest BCUT2D eigenvalue weighted by Gasteiger charge is -2.10. The molecular formula is C35H36O10. The first-order valence-corrected chi connectivity index (χ1v) is 14.4. The predicted molar refractivity (Wildman–Crippen MR) is 166 cm³/mol. The summed E-state index contributed by atoms with van der Waals surface area (Å²) in [5, 5.41) is 0. The molecule has 0 N–H and O–H groups in total. The normalized spacial score (nSPS) is 10.2. The SMILES string of the molecule is C=CC(=O)OCCOc1ccc(OC(=O)c2ccc(-c3ccc(OCCCOC(=O)C(=C)CC(=O)OCCC)cc3)cc2)cc1. The van der Waals surface area contributed by atoms with Crippen molar-refractivity contribution in [3.8, 4) is 28.4 Å². The molecular weight excluding hydrogens is 580 g/mol. The molecule has 0 fully saturated rings. The number of hydrogen-bond donors (Lipinski definition) is 0. The molecule has 0 unspecified atom stereocenters. The van der Waals surface area contributed by atoms with E-state index >= 15 is 0 Å². The monoisotopic (exact) mass is 616 g/mol. The number of carbonyl (C=O) groups excluding carboxylic acids is 4. The van der Waals surface area contributed by atoms with Gasteiger partial charge in [-0.2, -0.15) is 0 Å². The van der Waals surface area contributed by atoms with Gasteiger partial charge in [-0.25, -0.2) is 14.4 Å². The average Bonchev–Trinajstić information content (AvgIpc) is 3.06. The zero-order valence-corrected chi connectivity index (χ0v) is 25.2. The van der Waals surface area contributed by atoms with Crippen molar-refractivity contribution in [2.24, 2.45) is 0 Å². The van der Waals surface area contributed by atoms with Crippen LogP contribution >= 0.6 is 0 Å². The summed E-state index contributed by atoms with van der Waals surface area (Å²) in [5.41, 5.74) is 2.28. The van der Waals surface area contributed by atoms with E-state index in [9.17, 15) is 19.2 Å². The van der Waals surface area contributed by atoms with E-state index in [0.29, 0.717) is 48.9 Å². The Morgan fingerprint density at radius 3 is 1.87 bits per heavy atom. The van der Waals surface area contributed by atoms with Crippen molar-refractivity contribution in [1.82, 2.24) is 0 Å². The minimum Gasteiger partial charge on any atom is -0.493 e. The maximum Gasteiger partial charge on any atom is 0.343 e. The molecule has 0 aromatic heterocycles. The van der Waals surface area contributed by atoms with Crippen LogP contribution in [0.1, 0.15) is 36.5 Å². The topological polar surface area (TPSA) is 124 Å². The van der Waals surface area contributed by atoms with Crippen molar-refractivity contribution in [2.75, 3.05) is 33.0 Å². The highest BCUT2D eigenvalue weighted by Crippen LogP contribution is 2.24. The number of hydrogen-bond acceptors (Lipinski definition) is 10. The second kappa shape index (κ2) is 18.3. The lowest BCUT2D eigenvalue weighted by molar-refractivity contribution is -0.146. The van der Waals surface area contributed by atoms with Gasteiger partial charge in [0.2, 0.25) is 0 Å². The van der Waals surface area contributed by atoms with Crippen molar-refractivity contribution in [3.05, 3.63) is 103 Å². The van der Waals surface area contributed by atoms with Gasteiger partial charge in [0.05, 0.1) is 31.8 Å². The van der Waals surface area contributed by atoms with Crippen molar-refractivity contribution in [2.45, 2.75) is 26.2 Å². The van der Waals surface area contributed by atoms with E-state index in [0.717, 1.165) is 17.2 Å². The van der Waals surface area contributed by atoms with E-state index in [2.05, 4.69) is 13.2 Å². The summed E-state index contributed by atoms with van der Waals surface area (Å²) >= 11 is 0. The lowest BCUT2D eigenvalue weighted by atomic mass is 10.0. The quantitative estimate of drug-likeness (QED) is 0.0562. The maximum atomic E-state index is 12.6. The molecule has 3 rings (SSSR count). The summed E-state index contributed by atoms with van der Waals surface area (Å²) in [6, 6.07) is 21.0. The van der Waals surface area contributed by atoms with Crippen LogP contribution in [0.4, 0.5) is 0 Å². The second-order valence-corrected chi connectivity index (χ2v) is 9.52. The van der Waals surface area contributed by atoms with Crippen LogP contribution in [-0.2, 0) is 28.6 Å². The molecule has 0 atom stereocenters. The summed E-state index contributed by atoms with van der Waals surface area (Å²) in [7, 11) is 0. The minimum absolute atomic E-state index is 0.0534. The predicted octanol–water partition coefficient (Wildman–Crippen LogP) is 5.89. The molecule has 0 saturated heterocycles. The fourth-order valence-corrected chi connectivity index (χ4v) is 3.70. The van der Waals surface area contributed by atoms with Crippen molar-refractivity contribution in [1.29, 1.82) is 0 Å². The Kier molecular flexibility index (Phi) is 13.9. The van der Waals surface area contributed by atoms with Crippen molar-refractivity contribution < 1.29 is 47.6 Å². The molecule has 0 aliphatic carbocycles. The van der Waals surface area contributed by atoms with Crippen LogP contribution in [0.2, 0.25) is 0 Å². The zero-order chi connectivity index (χ0) is 32.4. The van der Waals surface area contributed by atoms with Gasteiger partial charge in [0.1, 0.15) is 30.5 Å². The largest absolute Gasteiger partial charge is 0.493 e. The van der Waals surface area contributed by atoms with Gasteiger partial charge in [-0.3, -0.25) is 4.79 Å². The van der Waals surface area contributed by atoms with Crippen LogP contribution < -0.4 is 14.2 Å². The van der Waals surface area contributed by atoms with Gasteiger partial charge in [-0.1, -0.05) is 44.3 Å². The Hall–Kier alpha value is -5.38. The summed E-state index contributed by atoms with van der Waals surface area (Å²) in [6.07, 6.45) is 2.05. The van der Waals surface area contributed by atoms with Gasteiger partial charge >= 0.3 is 23.9 Å². The first-order valence-electron chi connectivity index (χ1n) is 14.4. The third kappa shape index (κ3) is 12.0. The van der Waals surface area contributed by atoms with Gasteiger partial charge in [-0.15, -0.1) is 0 Å². The first-order chi connectivity index (χ1) is 21.8. The van der Waals surface area contributed by atoms with E-state index in [4.69, 9.17) is 28.4 Å². The fourth-order valence-electron chi connectivity index (χ4n) is 3.70. The standard InChI is InChI=1S/C35H36O10/c1-4-19-42-33(37)24-25(3)34(38)44-21-6-20-40-29-13-11-27(12-14-29)26-7-9-28(10-8-26)35(39)45-31-17-15-30(16-18-31)41-22-23-43-32(36)5-2/h5,7-18H,2-4,6,19-24H2,1H3. The molecule has 45 heavy (non-hydrogen) atoms. The van der Waals surface area contributed by atoms with Crippen LogP contribution in [-0.4, -0.2) is 56.9 Å². The molecule has 3 aromatic rings. The highest BCUT2D eigenvalue weighted by atomic mass is 16.6. The Morgan fingerprint density at radius 2 is 1.24 bits per heavy atom. The molecule has 0 heterocycles. The Balaban J connectivity index is 1.38. The number of esters is 4. The van der Waals surface area contributed by atoms with Gasteiger partial charge in [-0.05, 0) is 66.1 Å². The van der Waals surface area contributed by atoms with E-state index in [1.54, 1.807) is 36.4 Å². The van der Waals surface area contributed by atoms with Crippen LogP contribution in [0.15, 0.2) is 97.6 Å². The fraction of sp³-hybridized carbons (Fsp3) is 0.257. The summed E-state index contributed by atoms with van der Waals surface area (Å²) in [6.45, 7) is 9.82. The van der Waals surface area contributed by atoms with Crippen molar-refractivity contribution >= 4 is 23.9 Å². The Labute approximate surface area is 262 Å². The molecule has 3 aromatic carbocycles.